The van der Waals surface area contributed by atoms with E-state index in [4.69, 9.17) is 0 Å². The van der Waals surface area contributed by atoms with E-state index in [1.54, 1.807) is 0 Å². The van der Waals surface area contributed by atoms with Crippen LogP contribution in [0.5, 0.6) is 0 Å². The van der Waals surface area contributed by atoms with E-state index in [1.165, 1.54) is 0 Å². The van der Waals surface area contributed by atoms with Gasteiger partial charge in [-0.25, -0.2) is 0 Å². The van der Waals surface area contributed by atoms with E-state index in [9.17, 15) is 4.79 Å². The molecule has 17 heavy (non-hydrogen) atoms. The Hall–Kier alpha value is -0.220. The van der Waals surface area contributed by atoms with E-state index in [-0.39, 0.29) is 12.2 Å². The Morgan fingerprint density at radius 3 is 2.59 bits per heavy atom. The molecule has 0 aromatic carbocycles. The number of amides is 1. The van der Waals surface area contributed by atoms with Crippen LogP contribution in [0.25, 0.3) is 0 Å². The molecule has 3 unspecified atom stereocenters. The van der Waals surface area contributed by atoms with E-state index in [2.05, 4.69) is 37.2 Å². The van der Waals surface area contributed by atoms with Crippen molar-refractivity contribution in [1.29, 1.82) is 0 Å². The summed E-state index contributed by atoms with van der Waals surface area (Å²) >= 11 is 1.83. The second kappa shape index (κ2) is 7.27. The van der Waals surface area contributed by atoms with E-state index in [1.807, 2.05) is 11.8 Å². The molecule has 1 saturated heterocycles. The number of carbonyl (C=O) groups is 1. The summed E-state index contributed by atoms with van der Waals surface area (Å²) in [6, 6.07) is 0.442. The number of nitrogens with one attached hydrogen (secondary N) is 1. The van der Waals surface area contributed by atoms with Crippen LogP contribution in [0.15, 0.2) is 0 Å². The van der Waals surface area contributed by atoms with Crippen molar-refractivity contribution in [2.24, 2.45) is 0 Å². The first-order valence-electron chi connectivity index (χ1n) is 6.76. The molecule has 3 atom stereocenters. The quantitative estimate of drug-likeness (QED) is 0.761. The Morgan fingerprint density at radius 1 is 1.41 bits per heavy atom. The fraction of sp³-hybridized carbons (Fsp3) is 0.923. The molecule has 0 aliphatic carbocycles. The van der Waals surface area contributed by atoms with Gasteiger partial charge in [0.05, 0.1) is 12.2 Å². The van der Waals surface area contributed by atoms with E-state index < -0.39 is 0 Å². The fourth-order valence-corrected chi connectivity index (χ4v) is 3.33. The first kappa shape index (κ1) is 14.8. The second-order valence-electron chi connectivity index (χ2n) is 4.69. The summed E-state index contributed by atoms with van der Waals surface area (Å²) < 4.78 is 0. The van der Waals surface area contributed by atoms with Gasteiger partial charge < -0.3 is 4.90 Å². The number of thioether (sulfide) groups is 1. The largest absolute Gasteiger partial charge is 0.322 e. The highest BCUT2D eigenvalue weighted by Crippen LogP contribution is 2.22. The van der Waals surface area contributed by atoms with Crippen LogP contribution in [0.1, 0.15) is 46.5 Å². The Bertz CT molecular complexity index is 248. The van der Waals surface area contributed by atoms with Gasteiger partial charge in [-0.2, -0.15) is 11.8 Å². The van der Waals surface area contributed by atoms with Crippen molar-refractivity contribution in [2.75, 3.05) is 12.0 Å². The predicted octanol–water partition coefficient (Wildman–Crippen LogP) is 2.46. The van der Waals surface area contributed by atoms with E-state index in [0.717, 1.165) is 31.4 Å². The SMILES string of the molecule is CCCC1NC(CC)N(C(CC)CSC)C1=O. The Labute approximate surface area is 110 Å². The highest BCUT2D eigenvalue weighted by atomic mass is 32.2. The Morgan fingerprint density at radius 2 is 2.12 bits per heavy atom. The zero-order valence-electron chi connectivity index (χ0n) is 11.5. The van der Waals surface area contributed by atoms with Crippen molar-refractivity contribution in [1.82, 2.24) is 10.2 Å². The second-order valence-corrected chi connectivity index (χ2v) is 5.61. The van der Waals surface area contributed by atoms with Crippen LogP contribution in [-0.4, -0.2) is 41.1 Å². The maximum atomic E-state index is 12.4. The van der Waals surface area contributed by atoms with Crippen LogP contribution >= 0.6 is 11.8 Å². The van der Waals surface area contributed by atoms with Gasteiger partial charge in [0, 0.05) is 11.8 Å². The zero-order valence-corrected chi connectivity index (χ0v) is 12.3. The third kappa shape index (κ3) is 3.38. The lowest BCUT2D eigenvalue weighted by molar-refractivity contribution is -0.132. The maximum absolute atomic E-state index is 12.4. The Kier molecular flexibility index (Phi) is 6.34. The molecule has 0 spiro atoms. The smallest absolute Gasteiger partial charge is 0.241 e. The summed E-state index contributed by atoms with van der Waals surface area (Å²) in [5.74, 6) is 1.36. The molecule has 0 aromatic heterocycles. The third-order valence-corrected chi connectivity index (χ3v) is 4.19. The standard InChI is InChI=1S/C13H26N2OS/c1-5-8-11-13(16)15(12(7-3)14-11)10(6-2)9-17-4/h10-12,14H,5-9H2,1-4H3. The molecule has 1 rings (SSSR count). The number of carbonyl (C=O) groups excluding carboxylic acids is 1. The molecule has 0 bridgehead atoms. The van der Waals surface area contributed by atoms with E-state index in [0.29, 0.717) is 11.9 Å². The highest BCUT2D eigenvalue weighted by Gasteiger charge is 2.40. The zero-order chi connectivity index (χ0) is 12.8. The molecule has 0 saturated carbocycles. The number of nitrogens with zero attached hydrogens (tertiary/aromatic N) is 1. The Balaban J connectivity index is 2.76. The number of hydrogen-bond donors (Lipinski definition) is 1. The molecule has 1 amide bonds. The maximum Gasteiger partial charge on any atom is 0.241 e. The summed E-state index contributed by atoms with van der Waals surface area (Å²) in [6.07, 6.45) is 6.42. The molecule has 1 N–H and O–H groups in total. The molecule has 4 heteroatoms. The minimum absolute atomic E-state index is 0.0563. The molecular formula is C13H26N2OS. The first-order valence-corrected chi connectivity index (χ1v) is 8.16. The van der Waals surface area contributed by atoms with Gasteiger partial charge in [0.15, 0.2) is 0 Å². The van der Waals surface area contributed by atoms with Crippen molar-refractivity contribution in [2.45, 2.75) is 64.7 Å². The molecule has 0 radical (unpaired) electrons. The minimum atomic E-state index is 0.0563. The monoisotopic (exact) mass is 258 g/mol. The highest BCUT2D eigenvalue weighted by molar-refractivity contribution is 7.98. The molecule has 3 nitrogen and oxygen atoms in total. The van der Waals surface area contributed by atoms with Crippen LogP contribution in [0.4, 0.5) is 0 Å². The van der Waals surface area contributed by atoms with Gasteiger partial charge in [0.1, 0.15) is 0 Å². The molecule has 1 aliphatic rings. The molecule has 1 fully saturated rings. The fourth-order valence-electron chi connectivity index (χ4n) is 2.55. The summed E-state index contributed by atoms with van der Waals surface area (Å²) in [7, 11) is 0. The average Bonchev–Trinajstić information content (AvgIpc) is 2.64. The van der Waals surface area contributed by atoms with Crippen molar-refractivity contribution in [3.63, 3.8) is 0 Å². The molecular weight excluding hydrogens is 232 g/mol. The van der Waals surface area contributed by atoms with Gasteiger partial charge in [-0.3, -0.25) is 10.1 Å². The van der Waals surface area contributed by atoms with Gasteiger partial charge in [0.25, 0.3) is 0 Å². The van der Waals surface area contributed by atoms with Crippen molar-refractivity contribution in [3.8, 4) is 0 Å². The lowest BCUT2D eigenvalue weighted by Crippen LogP contribution is -2.45. The summed E-state index contributed by atoms with van der Waals surface area (Å²) in [4.78, 5) is 14.5. The molecule has 1 aliphatic heterocycles. The molecule has 0 aromatic rings. The van der Waals surface area contributed by atoms with Gasteiger partial charge >= 0.3 is 0 Å². The lowest BCUT2D eigenvalue weighted by atomic mass is 10.1. The first-order chi connectivity index (χ1) is 8.19. The summed E-state index contributed by atoms with van der Waals surface area (Å²) in [6.45, 7) is 6.46. The van der Waals surface area contributed by atoms with Crippen molar-refractivity contribution >= 4 is 17.7 Å². The topological polar surface area (TPSA) is 32.3 Å². The van der Waals surface area contributed by atoms with Crippen LogP contribution < -0.4 is 5.32 Å². The van der Waals surface area contributed by atoms with Crippen molar-refractivity contribution in [3.05, 3.63) is 0 Å². The van der Waals surface area contributed by atoms with Crippen molar-refractivity contribution < 1.29 is 4.79 Å². The third-order valence-electron chi connectivity index (χ3n) is 3.47. The molecule has 1 heterocycles. The lowest BCUT2D eigenvalue weighted by Gasteiger charge is -2.31. The van der Waals surface area contributed by atoms with Crippen LogP contribution in [0, 0.1) is 0 Å². The van der Waals surface area contributed by atoms with Crippen LogP contribution in [-0.2, 0) is 4.79 Å². The average molecular weight is 258 g/mol. The number of hydrogen-bond acceptors (Lipinski definition) is 3. The molecule has 100 valence electrons. The number of rotatable bonds is 7. The summed E-state index contributed by atoms with van der Waals surface area (Å²) in [5, 5.41) is 3.48. The van der Waals surface area contributed by atoms with Gasteiger partial charge in [-0.1, -0.05) is 27.2 Å². The van der Waals surface area contributed by atoms with E-state index >= 15 is 0 Å². The predicted molar refractivity (Wildman–Crippen MR) is 75.2 cm³/mol. The van der Waals surface area contributed by atoms with Crippen LogP contribution in [0.3, 0.4) is 0 Å². The van der Waals surface area contributed by atoms with Gasteiger partial charge in [-0.15, -0.1) is 0 Å². The van der Waals surface area contributed by atoms with Crippen LogP contribution in [0.2, 0.25) is 0 Å². The summed E-state index contributed by atoms with van der Waals surface area (Å²) in [5.41, 5.74) is 0. The van der Waals surface area contributed by atoms with Gasteiger partial charge in [-0.05, 0) is 25.5 Å². The normalized spacial score (nSPS) is 26.6. The minimum Gasteiger partial charge on any atom is -0.322 e. The van der Waals surface area contributed by atoms with Gasteiger partial charge in [0.2, 0.25) is 5.91 Å².